The van der Waals surface area contributed by atoms with Crippen molar-refractivity contribution in [1.29, 1.82) is 0 Å². The maximum Gasteiger partial charge on any atom is 0.137 e. The number of hydrogen-bond donors (Lipinski definition) is 0. The van der Waals surface area contributed by atoms with Crippen LogP contribution >= 0.6 is 22.6 Å². The van der Waals surface area contributed by atoms with Crippen molar-refractivity contribution in [1.82, 2.24) is 0 Å². The van der Waals surface area contributed by atoms with Crippen LogP contribution in [0.25, 0.3) is 0 Å². The Labute approximate surface area is 74.3 Å². The van der Waals surface area contributed by atoms with Gasteiger partial charge in [-0.1, -0.05) is 47.7 Å². The largest absolute Gasteiger partial charge is 0.241 e. The van der Waals surface area contributed by atoms with Crippen LogP contribution in [0, 0.1) is 0 Å². The van der Waals surface area contributed by atoms with Gasteiger partial charge in [0.1, 0.15) is 6.17 Å². The Kier molecular flexibility index (Phi) is 2.50. The Balaban J connectivity index is 2.77. The summed E-state index contributed by atoms with van der Waals surface area (Å²) in [6, 6.07) is 0. The molecule has 0 aliphatic heterocycles. The first-order chi connectivity index (χ1) is 4.69. The van der Waals surface area contributed by atoms with Crippen LogP contribution in [0.3, 0.4) is 0 Å². The third kappa shape index (κ3) is 1.41. The molecule has 0 saturated carbocycles. The van der Waals surface area contributed by atoms with Gasteiger partial charge in [0.05, 0.1) is 3.42 Å². The van der Waals surface area contributed by atoms with Crippen LogP contribution in [0.15, 0.2) is 24.3 Å². The zero-order valence-electron chi connectivity index (χ0n) is 5.85. The summed E-state index contributed by atoms with van der Waals surface area (Å²) < 4.78 is 12.8. The van der Waals surface area contributed by atoms with Crippen molar-refractivity contribution >= 4 is 22.6 Å². The molecule has 0 fully saturated rings. The van der Waals surface area contributed by atoms with Crippen LogP contribution in [-0.2, 0) is 0 Å². The van der Waals surface area contributed by atoms with Crippen LogP contribution in [0.2, 0.25) is 0 Å². The lowest BCUT2D eigenvalue weighted by Crippen LogP contribution is -2.29. The van der Waals surface area contributed by atoms with E-state index in [1.165, 1.54) is 0 Å². The van der Waals surface area contributed by atoms with E-state index >= 15 is 0 Å². The molecule has 0 amide bonds. The number of halogens is 2. The van der Waals surface area contributed by atoms with Crippen molar-refractivity contribution in [2.45, 2.75) is 22.9 Å². The lowest BCUT2D eigenvalue weighted by Gasteiger charge is -2.26. The van der Waals surface area contributed by atoms with Gasteiger partial charge in [0.25, 0.3) is 0 Å². The second kappa shape index (κ2) is 3.03. The molecule has 1 rings (SSSR count). The van der Waals surface area contributed by atoms with Gasteiger partial charge < -0.3 is 0 Å². The Morgan fingerprint density at radius 1 is 1.60 bits per heavy atom. The first-order valence-electron chi connectivity index (χ1n) is 3.38. The molecule has 1 aliphatic carbocycles. The highest BCUT2D eigenvalue weighted by atomic mass is 127. The van der Waals surface area contributed by atoms with Gasteiger partial charge in [-0.15, -0.1) is 0 Å². The second-order valence-corrected chi connectivity index (χ2v) is 4.43. The molecule has 0 N–H and O–H groups in total. The van der Waals surface area contributed by atoms with E-state index in [1.807, 2.05) is 19.1 Å². The Morgan fingerprint density at radius 3 is 2.70 bits per heavy atom. The third-order valence-electron chi connectivity index (χ3n) is 1.76. The zero-order chi connectivity index (χ0) is 7.61. The molecule has 2 atom stereocenters. The van der Waals surface area contributed by atoms with Gasteiger partial charge in [0.2, 0.25) is 0 Å². The summed E-state index contributed by atoms with van der Waals surface area (Å²) in [5.41, 5.74) is 0. The van der Waals surface area contributed by atoms with Crippen LogP contribution in [0.4, 0.5) is 4.39 Å². The molecular weight excluding hydrogens is 242 g/mol. The van der Waals surface area contributed by atoms with Gasteiger partial charge in [-0.3, -0.25) is 0 Å². The summed E-state index contributed by atoms with van der Waals surface area (Å²) in [7, 11) is 0. The van der Waals surface area contributed by atoms with Gasteiger partial charge in [-0.25, -0.2) is 4.39 Å². The highest BCUT2D eigenvalue weighted by Crippen LogP contribution is 2.33. The third-order valence-corrected chi connectivity index (χ3v) is 3.48. The summed E-state index contributed by atoms with van der Waals surface area (Å²) in [5.74, 6) is 0. The zero-order valence-corrected chi connectivity index (χ0v) is 8.01. The van der Waals surface area contributed by atoms with Crippen molar-refractivity contribution in [2.75, 3.05) is 0 Å². The molecule has 0 nitrogen and oxygen atoms in total. The van der Waals surface area contributed by atoms with Crippen LogP contribution in [0.1, 0.15) is 13.3 Å². The molecule has 2 unspecified atom stereocenters. The molecule has 56 valence electrons. The molecule has 0 bridgehead atoms. The fourth-order valence-corrected chi connectivity index (χ4v) is 1.36. The quantitative estimate of drug-likeness (QED) is 0.497. The molecule has 0 spiro atoms. The molecule has 0 heterocycles. The van der Waals surface area contributed by atoms with Gasteiger partial charge in [0.15, 0.2) is 0 Å². The van der Waals surface area contributed by atoms with Gasteiger partial charge in [0, 0.05) is 0 Å². The van der Waals surface area contributed by atoms with Crippen LogP contribution in [0.5, 0.6) is 0 Å². The highest BCUT2D eigenvalue weighted by Gasteiger charge is 2.31. The molecule has 0 aromatic carbocycles. The van der Waals surface area contributed by atoms with Crippen molar-refractivity contribution in [3.8, 4) is 0 Å². The van der Waals surface area contributed by atoms with Gasteiger partial charge in [-0.05, 0) is 12.5 Å². The van der Waals surface area contributed by atoms with Gasteiger partial charge in [-0.2, -0.15) is 0 Å². The second-order valence-electron chi connectivity index (χ2n) is 2.43. The standard InChI is InChI=1S/C8H10FI/c1-2-8(10)6-4-3-5-7(8)9/h3-7H,2H2,1H3. The van der Waals surface area contributed by atoms with Crippen molar-refractivity contribution in [3.05, 3.63) is 24.3 Å². The predicted molar refractivity (Wildman–Crippen MR) is 50.2 cm³/mol. The molecule has 0 aromatic rings. The maximum atomic E-state index is 13.1. The molecule has 1 aliphatic rings. The fourth-order valence-electron chi connectivity index (χ4n) is 0.942. The SMILES string of the molecule is CCC1(I)C=CC=CC1F. The van der Waals surface area contributed by atoms with E-state index in [2.05, 4.69) is 22.6 Å². The average Bonchev–Trinajstić information content (AvgIpc) is 1.96. The van der Waals surface area contributed by atoms with Crippen LogP contribution in [-0.4, -0.2) is 9.59 Å². The normalized spacial score (nSPS) is 38.5. The summed E-state index contributed by atoms with van der Waals surface area (Å²) in [6.07, 6.45) is 7.23. The summed E-state index contributed by atoms with van der Waals surface area (Å²) >= 11 is 2.17. The average molecular weight is 252 g/mol. The lowest BCUT2D eigenvalue weighted by molar-refractivity contribution is 0.349. The predicted octanol–water partition coefficient (Wildman–Crippen LogP) is 3.03. The number of rotatable bonds is 1. The monoisotopic (exact) mass is 252 g/mol. The molecule has 0 saturated heterocycles. The number of allylic oxidation sites excluding steroid dienone is 4. The minimum atomic E-state index is -0.817. The van der Waals surface area contributed by atoms with E-state index in [9.17, 15) is 4.39 Å². The maximum absolute atomic E-state index is 13.1. The smallest absolute Gasteiger partial charge is 0.137 e. The molecule has 2 heteroatoms. The Bertz CT molecular complexity index is 174. The van der Waals surface area contributed by atoms with Crippen molar-refractivity contribution < 1.29 is 4.39 Å². The first-order valence-corrected chi connectivity index (χ1v) is 4.46. The van der Waals surface area contributed by atoms with Crippen molar-refractivity contribution in [2.24, 2.45) is 0 Å². The fraction of sp³-hybridized carbons (Fsp3) is 0.500. The molecule has 0 radical (unpaired) electrons. The van der Waals surface area contributed by atoms with E-state index in [-0.39, 0.29) is 3.42 Å². The van der Waals surface area contributed by atoms with E-state index in [1.54, 1.807) is 12.2 Å². The van der Waals surface area contributed by atoms with E-state index in [0.717, 1.165) is 6.42 Å². The minimum Gasteiger partial charge on any atom is -0.241 e. The Morgan fingerprint density at radius 2 is 2.30 bits per heavy atom. The summed E-state index contributed by atoms with van der Waals surface area (Å²) in [6.45, 7) is 2.00. The highest BCUT2D eigenvalue weighted by molar-refractivity contribution is 14.1. The minimum absolute atomic E-state index is 0.285. The molecule has 10 heavy (non-hydrogen) atoms. The number of hydrogen-bond acceptors (Lipinski definition) is 0. The topological polar surface area (TPSA) is 0 Å². The summed E-state index contributed by atoms with van der Waals surface area (Å²) in [5, 5.41) is 0. The number of alkyl halides is 2. The van der Waals surface area contributed by atoms with Gasteiger partial charge >= 0.3 is 0 Å². The Hall–Kier alpha value is 0.140. The first kappa shape index (κ1) is 8.24. The molecule has 0 aromatic heterocycles. The van der Waals surface area contributed by atoms with E-state index < -0.39 is 6.17 Å². The molecular formula is C8H10FI. The lowest BCUT2D eigenvalue weighted by atomic mass is 9.96. The van der Waals surface area contributed by atoms with Crippen LogP contribution < -0.4 is 0 Å². The van der Waals surface area contributed by atoms with Crippen molar-refractivity contribution in [3.63, 3.8) is 0 Å². The van der Waals surface area contributed by atoms with E-state index in [0.29, 0.717) is 0 Å². The van der Waals surface area contributed by atoms with E-state index in [4.69, 9.17) is 0 Å². The summed E-state index contributed by atoms with van der Waals surface area (Å²) in [4.78, 5) is 0.